The first kappa shape index (κ1) is 19.7. The van der Waals surface area contributed by atoms with Gasteiger partial charge in [-0.2, -0.15) is 10.2 Å². The average molecular weight is 391 g/mol. The number of nitrogens with two attached hydrogens (primary N) is 1. The van der Waals surface area contributed by atoms with Gasteiger partial charge >= 0.3 is 5.97 Å². The Labute approximate surface area is 168 Å². The summed E-state index contributed by atoms with van der Waals surface area (Å²) in [5.74, 6) is 0.662. The number of nitrogens with zero attached hydrogens (tertiary/aromatic N) is 5. The number of methoxy groups -OCH3 is 1. The lowest BCUT2D eigenvalue weighted by atomic mass is 10.2. The Morgan fingerprint density at radius 1 is 1.28 bits per heavy atom. The van der Waals surface area contributed by atoms with Gasteiger partial charge in [0.1, 0.15) is 11.9 Å². The molecule has 0 fully saturated rings. The molecule has 2 aromatic heterocycles. The molecule has 0 amide bonds. The van der Waals surface area contributed by atoms with E-state index < -0.39 is 5.97 Å². The van der Waals surface area contributed by atoms with Crippen molar-refractivity contribution < 1.29 is 9.53 Å². The zero-order valence-electron chi connectivity index (χ0n) is 16.6. The fourth-order valence-corrected chi connectivity index (χ4v) is 2.79. The minimum atomic E-state index is -0.615. The Morgan fingerprint density at radius 2 is 1.97 bits per heavy atom. The van der Waals surface area contributed by atoms with Crippen LogP contribution < -0.4 is 16.0 Å². The van der Waals surface area contributed by atoms with Gasteiger partial charge in [-0.3, -0.25) is 0 Å². The molecule has 0 saturated carbocycles. The van der Waals surface area contributed by atoms with Crippen molar-refractivity contribution in [2.75, 3.05) is 37.2 Å². The van der Waals surface area contributed by atoms with Crippen LogP contribution >= 0.6 is 0 Å². The van der Waals surface area contributed by atoms with E-state index in [1.165, 1.54) is 17.9 Å². The lowest BCUT2D eigenvalue weighted by Gasteiger charge is -2.14. The molecule has 2 heterocycles. The van der Waals surface area contributed by atoms with Crippen LogP contribution in [0.1, 0.15) is 21.7 Å². The molecule has 0 spiro atoms. The molecular formula is C20H21N7O2. The topological polar surface area (TPSA) is 122 Å². The van der Waals surface area contributed by atoms with E-state index >= 15 is 0 Å². The van der Waals surface area contributed by atoms with E-state index in [-0.39, 0.29) is 16.9 Å². The number of carbonyl (C=O) groups excluding carboxylic acids is 1. The highest BCUT2D eigenvalue weighted by atomic mass is 16.5. The van der Waals surface area contributed by atoms with E-state index in [9.17, 15) is 10.1 Å². The van der Waals surface area contributed by atoms with Crippen LogP contribution in [-0.4, -0.2) is 41.7 Å². The first-order chi connectivity index (χ1) is 13.8. The van der Waals surface area contributed by atoms with Gasteiger partial charge in [0, 0.05) is 43.4 Å². The molecular weight excluding hydrogens is 370 g/mol. The van der Waals surface area contributed by atoms with E-state index in [4.69, 9.17) is 10.5 Å². The van der Waals surface area contributed by atoms with Crippen molar-refractivity contribution in [2.24, 2.45) is 0 Å². The van der Waals surface area contributed by atoms with Gasteiger partial charge in [-0.25, -0.2) is 9.78 Å². The van der Waals surface area contributed by atoms with E-state index in [0.29, 0.717) is 11.6 Å². The third-order valence-corrected chi connectivity index (χ3v) is 4.24. The molecule has 3 aromatic rings. The van der Waals surface area contributed by atoms with Gasteiger partial charge in [0.15, 0.2) is 5.69 Å². The summed E-state index contributed by atoms with van der Waals surface area (Å²) < 4.78 is 6.34. The molecule has 0 radical (unpaired) electrons. The molecule has 29 heavy (non-hydrogen) atoms. The number of aryl methyl sites for hydroxylation is 1. The zero-order chi connectivity index (χ0) is 21.1. The van der Waals surface area contributed by atoms with Crippen molar-refractivity contribution in [3.05, 3.63) is 53.5 Å². The number of hydrogen-bond donors (Lipinski definition) is 2. The van der Waals surface area contributed by atoms with Crippen LogP contribution in [0.25, 0.3) is 5.69 Å². The quantitative estimate of drug-likeness (QED) is 0.637. The van der Waals surface area contributed by atoms with Crippen molar-refractivity contribution >= 4 is 29.1 Å². The van der Waals surface area contributed by atoms with Crippen molar-refractivity contribution in [3.63, 3.8) is 0 Å². The number of aromatic nitrogens is 3. The summed E-state index contributed by atoms with van der Waals surface area (Å²) in [4.78, 5) is 22.9. The smallest absolute Gasteiger partial charge is 0.357 e. The highest BCUT2D eigenvalue weighted by molar-refractivity contribution is 5.96. The van der Waals surface area contributed by atoms with E-state index in [1.54, 1.807) is 12.1 Å². The summed E-state index contributed by atoms with van der Waals surface area (Å²) >= 11 is 0. The number of nitriles is 1. The molecule has 1 aromatic carbocycles. The SMILES string of the molecule is COC(=O)c1c(N)c(C#N)cn1-c1ccc(Nc2nc(C)cc(N(C)C)n2)cc1. The highest BCUT2D eigenvalue weighted by Crippen LogP contribution is 2.26. The molecule has 0 bridgehead atoms. The van der Waals surface area contributed by atoms with Crippen LogP contribution in [0.15, 0.2) is 36.5 Å². The van der Waals surface area contributed by atoms with Gasteiger partial charge in [-0.05, 0) is 31.2 Å². The maximum atomic E-state index is 12.1. The van der Waals surface area contributed by atoms with Crippen LogP contribution in [0.4, 0.5) is 23.1 Å². The molecule has 148 valence electrons. The van der Waals surface area contributed by atoms with E-state index in [0.717, 1.165) is 17.2 Å². The lowest BCUT2D eigenvalue weighted by molar-refractivity contribution is 0.0593. The Hall–Kier alpha value is -4.06. The lowest BCUT2D eigenvalue weighted by Crippen LogP contribution is -2.12. The molecule has 0 saturated heterocycles. The Balaban J connectivity index is 1.92. The second-order valence-corrected chi connectivity index (χ2v) is 6.54. The summed E-state index contributed by atoms with van der Waals surface area (Å²) in [7, 11) is 5.09. The Morgan fingerprint density at radius 3 is 2.55 bits per heavy atom. The van der Waals surface area contributed by atoms with Crippen LogP contribution in [0.5, 0.6) is 0 Å². The highest BCUT2D eigenvalue weighted by Gasteiger charge is 2.21. The summed E-state index contributed by atoms with van der Waals surface area (Å²) in [5, 5.41) is 12.4. The standard InChI is InChI=1S/C20H21N7O2/c1-12-9-16(26(2)3)25-20(23-12)24-14-5-7-15(8-6-14)27-11-13(10-21)17(22)18(27)19(28)29-4/h5-9,11H,22H2,1-4H3,(H,23,24,25). The largest absolute Gasteiger partial charge is 0.464 e. The summed E-state index contributed by atoms with van der Waals surface area (Å²) in [6.07, 6.45) is 1.51. The van der Waals surface area contributed by atoms with Crippen molar-refractivity contribution in [1.82, 2.24) is 14.5 Å². The van der Waals surface area contributed by atoms with Crippen LogP contribution in [0.3, 0.4) is 0 Å². The van der Waals surface area contributed by atoms with Crippen molar-refractivity contribution in [1.29, 1.82) is 5.26 Å². The van der Waals surface area contributed by atoms with Gasteiger partial charge < -0.3 is 25.3 Å². The average Bonchev–Trinajstić information content (AvgIpc) is 3.03. The molecule has 0 aliphatic heterocycles. The number of esters is 1. The molecule has 3 rings (SSSR count). The summed E-state index contributed by atoms with van der Waals surface area (Å²) in [6, 6.07) is 11.1. The predicted octanol–water partition coefficient (Wildman–Crippen LogP) is 2.63. The van der Waals surface area contributed by atoms with Gasteiger partial charge in [-0.1, -0.05) is 0 Å². The number of benzene rings is 1. The molecule has 0 aliphatic rings. The Bertz CT molecular complexity index is 1100. The summed E-state index contributed by atoms with van der Waals surface area (Å²) in [6.45, 7) is 1.90. The number of carbonyl (C=O) groups is 1. The maximum Gasteiger partial charge on any atom is 0.357 e. The number of ether oxygens (including phenoxy) is 1. The fraction of sp³-hybridized carbons (Fsp3) is 0.200. The molecule has 3 N–H and O–H groups in total. The van der Waals surface area contributed by atoms with Crippen LogP contribution in [-0.2, 0) is 4.74 Å². The number of hydrogen-bond acceptors (Lipinski definition) is 8. The molecule has 0 unspecified atom stereocenters. The first-order valence-electron chi connectivity index (χ1n) is 8.73. The van der Waals surface area contributed by atoms with Crippen molar-refractivity contribution in [2.45, 2.75) is 6.92 Å². The molecule has 0 atom stereocenters. The molecule has 0 aliphatic carbocycles. The second kappa shape index (κ2) is 7.90. The van der Waals surface area contributed by atoms with E-state index in [2.05, 4.69) is 15.3 Å². The van der Waals surface area contributed by atoms with Gasteiger partial charge in [0.05, 0.1) is 18.4 Å². The first-order valence-corrected chi connectivity index (χ1v) is 8.73. The van der Waals surface area contributed by atoms with Crippen LogP contribution in [0, 0.1) is 18.3 Å². The normalized spacial score (nSPS) is 10.3. The minimum Gasteiger partial charge on any atom is -0.464 e. The molecule has 9 heteroatoms. The Kier molecular flexibility index (Phi) is 5.36. The van der Waals surface area contributed by atoms with Gasteiger partial charge in [-0.15, -0.1) is 0 Å². The van der Waals surface area contributed by atoms with Crippen LogP contribution in [0.2, 0.25) is 0 Å². The number of rotatable bonds is 5. The third-order valence-electron chi connectivity index (χ3n) is 4.24. The number of nitrogens with one attached hydrogen (secondary N) is 1. The number of anilines is 4. The monoisotopic (exact) mass is 391 g/mol. The van der Waals surface area contributed by atoms with Crippen molar-refractivity contribution in [3.8, 4) is 11.8 Å². The molecule has 9 nitrogen and oxygen atoms in total. The second-order valence-electron chi connectivity index (χ2n) is 6.54. The third kappa shape index (κ3) is 3.96. The van der Waals surface area contributed by atoms with Gasteiger partial charge in [0.2, 0.25) is 5.95 Å². The minimum absolute atomic E-state index is 0.0888. The van der Waals surface area contributed by atoms with E-state index in [1.807, 2.05) is 50.2 Å². The number of nitrogen functional groups attached to an aromatic ring is 1. The predicted molar refractivity (Wildman–Crippen MR) is 111 cm³/mol. The van der Waals surface area contributed by atoms with Gasteiger partial charge in [0.25, 0.3) is 0 Å². The maximum absolute atomic E-state index is 12.1. The zero-order valence-corrected chi connectivity index (χ0v) is 16.6. The fourth-order valence-electron chi connectivity index (χ4n) is 2.79. The summed E-state index contributed by atoms with van der Waals surface area (Å²) in [5.41, 5.74) is 8.61.